The molecule has 3 heterocycles. The molecule has 0 aliphatic heterocycles. The molecule has 0 N–H and O–H groups in total. The number of aromatic nitrogens is 4. The summed E-state index contributed by atoms with van der Waals surface area (Å²) in [7, 11) is 0. The van der Waals surface area contributed by atoms with E-state index in [4.69, 9.17) is 15.0 Å². The average molecular weight is 643 g/mol. The SMILES string of the molecule is c1ccc(-c2nc(-c3ccc4ccccc4c3)nc(-c3ccc4c(-c5ccc6c(ccc7c8cnccc8sc67)c5)cccc4c3)n2)cc1. The number of hydrogen-bond acceptors (Lipinski definition) is 5. The van der Waals surface area contributed by atoms with E-state index in [0.717, 1.165) is 27.5 Å². The largest absolute Gasteiger partial charge is 0.264 e. The predicted molar refractivity (Wildman–Crippen MR) is 205 cm³/mol. The van der Waals surface area contributed by atoms with Gasteiger partial charge in [0.15, 0.2) is 17.5 Å². The summed E-state index contributed by atoms with van der Waals surface area (Å²) in [6.45, 7) is 0. The van der Waals surface area contributed by atoms with Crippen LogP contribution in [0, 0.1) is 0 Å². The van der Waals surface area contributed by atoms with Gasteiger partial charge in [0.05, 0.1) is 0 Å². The number of rotatable bonds is 4. The molecule has 3 aromatic heterocycles. The van der Waals surface area contributed by atoms with Crippen molar-refractivity contribution in [3.8, 4) is 45.3 Å². The van der Waals surface area contributed by atoms with Crippen LogP contribution < -0.4 is 0 Å². The lowest BCUT2D eigenvalue weighted by molar-refractivity contribution is 1.08. The number of thiophene rings is 1. The molecule has 0 unspecified atom stereocenters. The highest BCUT2D eigenvalue weighted by Gasteiger charge is 2.15. The second-order valence-corrected chi connectivity index (χ2v) is 13.4. The number of nitrogens with zero attached hydrogens (tertiary/aromatic N) is 4. The maximum absolute atomic E-state index is 5.04. The van der Waals surface area contributed by atoms with Crippen LogP contribution in [0.2, 0.25) is 0 Å². The minimum absolute atomic E-state index is 0.651. The number of benzene rings is 7. The van der Waals surface area contributed by atoms with E-state index in [2.05, 4.69) is 120 Å². The van der Waals surface area contributed by atoms with E-state index >= 15 is 0 Å². The molecular weight excluding hydrogens is 617 g/mol. The Hall–Kier alpha value is -6.30. The smallest absolute Gasteiger partial charge is 0.164 e. The number of pyridine rings is 1. The van der Waals surface area contributed by atoms with E-state index in [0.29, 0.717) is 17.5 Å². The second kappa shape index (κ2) is 11.2. The van der Waals surface area contributed by atoms with Crippen molar-refractivity contribution >= 4 is 63.8 Å². The summed E-state index contributed by atoms with van der Waals surface area (Å²) < 4.78 is 2.58. The van der Waals surface area contributed by atoms with Gasteiger partial charge in [0, 0.05) is 49.3 Å². The van der Waals surface area contributed by atoms with E-state index < -0.39 is 0 Å². The van der Waals surface area contributed by atoms with Crippen molar-refractivity contribution in [2.24, 2.45) is 0 Å². The molecule has 0 bridgehead atoms. The molecule has 4 nitrogen and oxygen atoms in total. The van der Waals surface area contributed by atoms with Gasteiger partial charge >= 0.3 is 0 Å². The van der Waals surface area contributed by atoms with E-state index in [1.807, 2.05) is 54.1 Å². The fourth-order valence-electron chi connectivity index (χ4n) is 6.93. The van der Waals surface area contributed by atoms with Gasteiger partial charge in [-0.15, -0.1) is 11.3 Å². The summed E-state index contributed by atoms with van der Waals surface area (Å²) in [5, 5.41) is 9.66. The third kappa shape index (κ3) is 4.74. The topological polar surface area (TPSA) is 51.6 Å². The first kappa shape index (κ1) is 27.8. The predicted octanol–water partition coefficient (Wildman–Crippen LogP) is 11.8. The molecule has 0 aliphatic rings. The van der Waals surface area contributed by atoms with Crippen LogP contribution in [0.3, 0.4) is 0 Å². The van der Waals surface area contributed by atoms with Crippen molar-refractivity contribution in [2.45, 2.75) is 0 Å². The molecule has 7 aromatic carbocycles. The molecule has 0 aliphatic carbocycles. The molecule has 10 rings (SSSR count). The molecule has 0 radical (unpaired) electrons. The molecular formula is C44H26N4S. The van der Waals surface area contributed by atoms with E-state index in [-0.39, 0.29) is 0 Å². The highest BCUT2D eigenvalue weighted by Crippen LogP contribution is 2.40. The van der Waals surface area contributed by atoms with Crippen molar-refractivity contribution < 1.29 is 0 Å². The molecule has 228 valence electrons. The molecule has 0 atom stereocenters. The maximum atomic E-state index is 5.04. The second-order valence-electron chi connectivity index (χ2n) is 12.3. The minimum atomic E-state index is 0.651. The summed E-state index contributed by atoms with van der Waals surface area (Å²) >= 11 is 1.84. The van der Waals surface area contributed by atoms with Crippen molar-refractivity contribution in [3.63, 3.8) is 0 Å². The molecule has 0 spiro atoms. The van der Waals surface area contributed by atoms with E-state index in [1.165, 1.54) is 52.8 Å². The molecule has 5 heteroatoms. The fourth-order valence-corrected chi connectivity index (χ4v) is 8.13. The Labute approximate surface area is 286 Å². The zero-order chi connectivity index (χ0) is 32.3. The average Bonchev–Trinajstić information content (AvgIpc) is 3.56. The third-order valence-corrected chi connectivity index (χ3v) is 10.6. The lowest BCUT2D eigenvalue weighted by atomic mass is 9.95. The standard InChI is InChI=1S/C44H26N4S/c1-2-8-28(9-3-1)42-46-43(33-14-13-27-7-4-5-10-29(27)23-33)48-44(47-42)34-17-18-36-30(25-34)11-6-12-35(36)31-15-19-37-32(24-31)16-20-38-39-26-45-22-21-40(39)49-41(37)38/h1-26H. The zero-order valence-electron chi connectivity index (χ0n) is 26.2. The van der Waals surface area contributed by atoms with Gasteiger partial charge < -0.3 is 0 Å². The highest BCUT2D eigenvalue weighted by atomic mass is 32.1. The van der Waals surface area contributed by atoms with Gasteiger partial charge in [-0.25, -0.2) is 15.0 Å². The van der Waals surface area contributed by atoms with Gasteiger partial charge in [-0.1, -0.05) is 121 Å². The summed E-state index contributed by atoms with van der Waals surface area (Å²) in [5.74, 6) is 1.96. The lowest BCUT2D eigenvalue weighted by Gasteiger charge is -2.12. The molecule has 0 amide bonds. The summed E-state index contributed by atoms with van der Waals surface area (Å²) in [4.78, 5) is 19.4. The third-order valence-electron chi connectivity index (χ3n) is 9.38. The monoisotopic (exact) mass is 642 g/mol. The van der Waals surface area contributed by atoms with Crippen LogP contribution in [0.4, 0.5) is 0 Å². The van der Waals surface area contributed by atoms with E-state index in [9.17, 15) is 0 Å². The van der Waals surface area contributed by atoms with Gasteiger partial charge in [-0.2, -0.15) is 0 Å². The first-order valence-electron chi connectivity index (χ1n) is 16.3. The lowest BCUT2D eigenvalue weighted by Crippen LogP contribution is -2.00. The zero-order valence-corrected chi connectivity index (χ0v) is 27.0. The van der Waals surface area contributed by atoms with Crippen molar-refractivity contribution in [2.75, 3.05) is 0 Å². The summed E-state index contributed by atoms with van der Waals surface area (Å²) in [6, 6.07) is 51.3. The molecule has 49 heavy (non-hydrogen) atoms. The van der Waals surface area contributed by atoms with Crippen LogP contribution in [0.25, 0.3) is 97.8 Å². The van der Waals surface area contributed by atoms with Crippen LogP contribution in [0.15, 0.2) is 158 Å². The molecule has 0 saturated heterocycles. The van der Waals surface area contributed by atoms with Crippen molar-refractivity contribution in [1.29, 1.82) is 0 Å². The maximum Gasteiger partial charge on any atom is 0.164 e. The molecule has 0 fully saturated rings. The van der Waals surface area contributed by atoms with Crippen molar-refractivity contribution in [3.05, 3.63) is 158 Å². The number of hydrogen-bond donors (Lipinski definition) is 0. The van der Waals surface area contributed by atoms with Gasteiger partial charge in [0.2, 0.25) is 0 Å². The Morgan fingerprint density at radius 2 is 1.00 bits per heavy atom. The van der Waals surface area contributed by atoms with Crippen LogP contribution in [-0.4, -0.2) is 19.9 Å². The quantitative estimate of drug-likeness (QED) is 0.192. The summed E-state index contributed by atoms with van der Waals surface area (Å²) in [6.07, 6.45) is 3.85. The van der Waals surface area contributed by atoms with Gasteiger partial charge in [0.1, 0.15) is 0 Å². The molecule has 0 saturated carbocycles. The fraction of sp³-hybridized carbons (Fsp3) is 0. The minimum Gasteiger partial charge on any atom is -0.264 e. The Morgan fingerprint density at radius 1 is 0.388 bits per heavy atom. The van der Waals surface area contributed by atoms with Crippen LogP contribution in [-0.2, 0) is 0 Å². The first-order valence-corrected chi connectivity index (χ1v) is 17.1. The Morgan fingerprint density at radius 3 is 1.86 bits per heavy atom. The Balaban J connectivity index is 1.09. The Kier molecular flexibility index (Phi) is 6.32. The van der Waals surface area contributed by atoms with Crippen LogP contribution in [0.5, 0.6) is 0 Å². The normalized spacial score (nSPS) is 11.7. The number of fused-ring (bicyclic) bond motifs is 7. The van der Waals surface area contributed by atoms with E-state index in [1.54, 1.807) is 0 Å². The van der Waals surface area contributed by atoms with Gasteiger partial charge in [-0.05, 0) is 67.7 Å². The first-order chi connectivity index (χ1) is 24.2. The highest BCUT2D eigenvalue weighted by molar-refractivity contribution is 7.26. The van der Waals surface area contributed by atoms with Gasteiger partial charge in [0.25, 0.3) is 0 Å². The Bertz CT molecular complexity index is 2890. The van der Waals surface area contributed by atoms with Crippen LogP contribution in [0.1, 0.15) is 0 Å². The van der Waals surface area contributed by atoms with Gasteiger partial charge in [-0.3, -0.25) is 4.98 Å². The van der Waals surface area contributed by atoms with Crippen molar-refractivity contribution in [1.82, 2.24) is 19.9 Å². The summed E-state index contributed by atoms with van der Waals surface area (Å²) in [5.41, 5.74) is 5.26. The molecule has 10 aromatic rings. The van der Waals surface area contributed by atoms with Crippen LogP contribution >= 0.6 is 11.3 Å².